The molecular weight excluding hydrogens is 294 g/mol. The third-order valence-corrected chi connectivity index (χ3v) is 4.52. The van der Waals surface area contributed by atoms with Gasteiger partial charge in [0.15, 0.2) is 0 Å². The molecule has 1 saturated carbocycles. The zero-order valence-corrected chi connectivity index (χ0v) is 12.7. The van der Waals surface area contributed by atoms with Crippen LogP contribution in [-0.2, 0) is 6.54 Å². The van der Waals surface area contributed by atoms with Crippen molar-refractivity contribution in [2.24, 2.45) is 5.73 Å². The Labute approximate surface area is 133 Å². The number of nitrogens with two attached hydrogens (primary N) is 1. The van der Waals surface area contributed by atoms with Crippen molar-refractivity contribution in [1.82, 2.24) is 25.5 Å². The number of fused-ring (bicyclic) bond motifs is 1. The molecule has 3 heterocycles. The highest BCUT2D eigenvalue weighted by Crippen LogP contribution is 2.27. The smallest absolute Gasteiger partial charge is 0.255 e. The fourth-order valence-electron chi connectivity index (χ4n) is 3.28. The standard InChI is InChI=1S/C15H19N7O/c16-8-3-1-2-4-9(8)19-15-20-11-7-17-14(23)12(11)13(21-15)10-5-6-18-22-10/h5-6,8-9H,1-4,7,16H2,(H,17,23)(H,18,22)(H,19,20,21)/t8-,9+/m0/s1. The summed E-state index contributed by atoms with van der Waals surface area (Å²) in [6.07, 6.45) is 5.99. The van der Waals surface area contributed by atoms with Gasteiger partial charge in [-0.15, -0.1) is 0 Å². The van der Waals surface area contributed by atoms with E-state index in [-0.39, 0.29) is 18.0 Å². The lowest BCUT2D eigenvalue weighted by Gasteiger charge is -2.29. The van der Waals surface area contributed by atoms with Crippen LogP contribution in [0.5, 0.6) is 0 Å². The Morgan fingerprint density at radius 3 is 2.91 bits per heavy atom. The molecule has 2 atom stereocenters. The molecule has 0 unspecified atom stereocenters. The van der Waals surface area contributed by atoms with Gasteiger partial charge in [-0.1, -0.05) is 12.8 Å². The monoisotopic (exact) mass is 313 g/mol. The highest BCUT2D eigenvalue weighted by Gasteiger charge is 2.29. The van der Waals surface area contributed by atoms with Crippen molar-refractivity contribution in [2.45, 2.75) is 44.3 Å². The minimum absolute atomic E-state index is 0.107. The van der Waals surface area contributed by atoms with Gasteiger partial charge in [-0.2, -0.15) is 5.10 Å². The number of hydrogen-bond acceptors (Lipinski definition) is 6. The zero-order valence-electron chi connectivity index (χ0n) is 12.7. The summed E-state index contributed by atoms with van der Waals surface area (Å²) in [5, 5.41) is 13.0. The van der Waals surface area contributed by atoms with Crippen molar-refractivity contribution in [1.29, 1.82) is 0 Å². The van der Waals surface area contributed by atoms with Crippen LogP contribution in [0.15, 0.2) is 12.3 Å². The Kier molecular flexibility index (Phi) is 3.45. The average molecular weight is 313 g/mol. The number of carbonyl (C=O) groups is 1. The van der Waals surface area contributed by atoms with E-state index in [9.17, 15) is 4.79 Å². The Balaban J connectivity index is 1.71. The minimum atomic E-state index is -0.148. The molecule has 2 aromatic rings. The fourth-order valence-corrected chi connectivity index (χ4v) is 3.28. The zero-order chi connectivity index (χ0) is 15.8. The number of aromatic amines is 1. The van der Waals surface area contributed by atoms with Gasteiger partial charge < -0.3 is 16.4 Å². The van der Waals surface area contributed by atoms with Crippen LogP contribution in [0.4, 0.5) is 5.95 Å². The molecule has 0 saturated heterocycles. The molecule has 2 aromatic heterocycles. The van der Waals surface area contributed by atoms with Crippen molar-refractivity contribution in [3.63, 3.8) is 0 Å². The lowest BCUT2D eigenvalue weighted by molar-refractivity contribution is 0.0966. The van der Waals surface area contributed by atoms with E-state index in [0.717, 1.165) is 19.3 Å². The molecule has 120 valence electrons. The predicted octanol–water partition coefficient (Wildman–Crippen LogP) is 0.792. The second-order valence-electron chi connectivity index (χ2n) is 6.07. The third-order valence-electron chi connectivity index (χ3n) is 4.52. The first kappa shape index (κ1) is 14.1. The van der Waals surface area contributed by atoms with Crippen LogP contribution in [-0.4, -0.2) is 38.2 Å². The second-order valence-corrected chi connectivity index (χ2v) is 6.07. The first-order valence-corrected chi connectivity index (χ1v) is 7.93. The second kappa shape index (κ2) is 5.62. The highest BCUT2D eigenvalue weighted by atomic mass is 16.1. The van der Waals surface area contributed by atoms with Crippen molar-refractivity contribution in [3.05, 3.63) is 23.5 Å². The molecule has 5 N–H and O–H groups in total. The summed E-state index contributed by atoms with van der Waals surface area (Å²) >= 11 is 0. The molecule has 1 amide bonds. The van der Waals surface area contributed by atoms with Gasteiger partial charge in [-0.3, -0.25) is 9.89 Å². The molecule has 0 aromatic carbocycles. The molecule has 8 heteroatoms. The first-order chi connectivity index (χ1) is 11.2. The molecule has 8 nitrogen and oxygen atoms in total. The molecule has 0 spiro atoms. The van der Waals surface area contributed by atoms with E-state index in [1.165, 1.54) is 6.42 Å². The fraction of sp³-hybridized carbons (Fsp3) is 0.467. The highest BCUT2D eigenvalue weighted by molar-refractivity contribution is 6.03. The number of rotatable bonds is 3. The summed E-state index contributed by atoms with van der Waals surface area (Å²) in [5.41, 5.74) is 8.71. The summed E-state index contributed by atoms with van der Waals surface area (Å²) in [7, 11) is 0. The maximum atomic E-state index is 12.1. The van der Waals surface area contributed by atoms with Gasteiger partial charge in [0, 0.05) is 18.3 Å². The number of anilines is 1. The molecule has 1 aliphatic carbocycles. The van der Waals surface area contributed by atoms with Crippen LogP contribution in [0.2, 0.25) is 0 Å². The largest absolute Gasteiger partial charge is 0.350 e. The van der Waals surface area contributed by atoms with Crippen LogP contribution in [0.25, 0.3) is 11.4 Å². The molecule has 23 heavy (non-hydrogen) atoms. The molecule has 4 rings (SSSR count). The third kappa shape index (κ3) is 2.55. The number of nitrogens with zero attached hydrogens (tertiary/aromatic N) is 3. The molecular formula is C15H19N7O. The number of aromatic nitrogens is 4. The van der Waals surface area contributed by atoms with Crippen LogP contribution in [0, 0.1) is 0 Å². The lowest BCUT2D eigenvalue weighted by atomic mass is 9.91. The molecule has 0 bridgehead atoms. The molecule has 1 fully saturated rings. The maximum Gasteiger partial charge on any atom is 0.255 e. The molecule has 0 radical (unpaired) electrons. The van der Waals surface area contributed by atoms with Crippen LogP contribution < -0.4 is 16.4 Å². The number of hydrogen-bond donors (Lipinski definition) is 4. The Bertz CT molecular complexity index is 728. The SMILES string of the molecule is N[C@H]1CCCC[C@H]1Nc1nc2c(c(-c3ccn[nH]3)n1)C(=O)NC2. The van der Waals surface area contributed by atoms with Crippen molar-refractivity contribution < 1.29 is 4.79 Å². The number of amides is 1. The first-order valence-electron chi connectivity index (χ1n) is 7.93. The summed E-state index contributed by atoms with van der Waals surface area (Å²) < 4.78 is 0. The van der Waals surface area contributed by atoms with Crippen LogP contribution in [0.1, 0.15) is 41.7 Å². The topological polar surface area (TPSA) is 122 Å². The van der Waals surface area contributed by atoms with Crippen LogP contribution >= 0.6 is 0 Å². The summed E-state index contributed by atoms with van der Waals surface area (Å²) in [6.45, 7) is 0.420. The lowest BCUT2D eigenvalue weighted by Crippen LogP contribution is -2.43. The van der Waals surface area contributed by atoms with Gasteiger partial charge in [0.2, 0.25) is 5.95 Å². The molecule has 2 aliphatic rings. The van der Waals surface area contributed by atoms with Gasteiger partial charge in [0.05, 0.1) is 23.5 Å². The Morgan fingerprint density at radius 1 is 1.26 bits per heavy atom. The summed E-state index contributed by atoms with van der Waals surface area (Å²) in [5.74, 6) is 0.373. The van der Waals surface area contributed by atoms with Gasteiger partial charge in [0.1, 0.15) is 5.69 Å². The normalized spacial score (nSPS) is 23.4. The Morgan fingerprint density at radius 2 is 2.13 bits per heavy atom. The maximum absolute atomic E-state index is 12.1. The Hall–Kier alpha value is -2.48. The van der Waals surface area contributed by atoms with E-state index in [1.807, 2.05) is 0 Å². The quantitative estimate of drug-likeness (QED) is 0.664. The molecule has 1 aliphatic heterocycles. The number of nitrogens with one attached hydrogen (secondary N) is 3. The summed E-state index contributed by atoms with van der Waals surface area (Å²) in [4.78, 5) is 21.1. The van der Waals surface area contributed by atoms with E-state index in [0.29, 0.717) is 35.1 Å². The van der Waals surface area contributed by atoms with Gasteiger partial charge >= 0.3 is 0 Å². The van der Waals surface area contributed by atoms with Crippen molar-refractivity contribution in [2.75, 3.05) is 5.32 Å². The van der Waals surface area contributed by atoms with Gasteiger partial charge in [-0.25, -0.2) is 9.97 Å². The predicted molar refractivity (Wildman–Crippen MR) is 84.6 cm³/mol. The van der Waals surface area contributed by atoms with Crippen LogP contribution in [0.3, 0.4) is 0 Å². The minimum Gasteiger partial charge on any atom is -0.350 e. The van der Waals surface area contributed by atoms with E-state index in [1.54, 1.807) is 12.3 Å². The summed E-state index contributed by atoms with van der Waals surface area (Å²) in [6, 6.07) is 2.07. The number of H-pyrrole nitrogens is 1. The van der Waals surface area contributed by atoms with Crippen molar-refractivity contribution >= 4 is 11.9 Å². The van der Waals surface area contributed by atoms with E-state index in [2.05, 4.69) is 30.8 Å². The van der Waals surface area contributed by atoms with Gasteiger partial charge in [-0.05, 0) is 18.9 Å². The van der Waals surface area contributed by atoms with E-state index in [4.69, 9.17) is 5.73 Å². The van der Waals surface area contributed by atoms with E-state index < -0.39 is 0 Å². The van der Waals surface area contributed by atoms with E-state index >= 15 is 0 Å². The van der Waals surface area contributed by atoms with Crippen molar-refractivity contribution in [3.8, 4) is 11.4 Å². The van der Waals surface area contributed by atoms with Gasteiger partial charge in [0.25, 0.3) is 5.91 Å². The average Bonchev–Trinajstić information content (AvgIpc) is 3.20. The number of carbonyl (C=O) groups excluding carboxylic acids is 1.